The quantitative estimate of drug-likeness (QED) is 0.159. The molecule has 0 bridgehead atoms. The van der Waals surface area contributed by atoms with E-state index in [1.165, 1.54) is 10.8 Å². The topological polar surface area (TPSA) is 52.4 Å². The average Bonchev–Trinajstić information content (AvgIpc) is 3.45. The molecule has 6 rings (SSSR count). The van der Waals surface area contributed by atoms with Crippen LogP contribution in [0.5, 0.6) is 23.1 Å². The highest BCUT2D eigenvalue weighted by molar-refractivity contribution is 5.81. The van der Waals surface area contributed by atoms with Gasteiger partial charge in [-0.05, 0) is 63.1 Å². The van der Waals surface area contributed by atoms with Crippen molar-refractivity contribution >= 4 is 17.1 Å². The summed E-state index contributed by atoms with van der Waals surface area (Å²) in [4.78, 5) is 10.4. The predicted octanol–water partition coefficient (Wildman–Crippen LogP) is 10.2. The lowest BCUT2D eigenvalue weighted by Gasteiger charge is -2.29. The molecule has 0 saturated heterocycles. The van der Waals surface area contributed by atoms with Gasteiger partial charge in [0.1, 0.15) is 17.3 Å². The van der Waals surface area contributed by atoms with Crippen LogP contribution in [0.4, 0.5) is 30.2 Å². The van der Waals surface area contributed by atoms with Crippen molar-refractivity contribution in [1.82, 2.24) is 14.5 Å². The second kappa shape index (κ2) is 12.4. The van der Waals surface area contributed by atoms with Gasteiger partial charge in [-0.1, -0.05) is 41.5 Å². The maximum Gasteiger partial charge on any atom is 0.219 e. The third-order valence-corrected chi connectivity index (χ3v) is 7.57. The molecular formula is C37H31F3N4O2. The predicted molar refractivity (Wildman–Crippen MR) is 173 cm³/mol. The van der Waals surface area contributed by atoms with Crippen molar-refractivity contribution in [3.8, 4) is 34.5 Å². The van der Waals surface area contributed by atoms with E-state index in [4.69, 9.17) is 9.47 Å². The molecule has 0 N–H and O–H groups in total. The van der Waals surface area contributed by atoms with Crippen molar-refractivity contribution in [2.24, 2.45) is 7.05 Å². The lowest BCUT2D eigenvalue weighted by atomic mass is 10.0. The fourth-order valence-corrected chi connectivity index (χ4v) is 5.42. The highest BCUT2D eigenvalue weighted by Crippen LogP contribution is 2.43. The number of aromatic nitrogens is 3. The van der Waals surface area contributed by atoms with Crippen molar-refractivity contribution in [3.63, 3.8) is 0 Å². The Hall–Kier alpha value is -5.57. The van der Waals surface area contributed by atoms with E-state index in [0.717, 1.165) is 39.7 Å². The summed E-state index contributed by atoms with van der Waals surface area (Å²) in [5.74, 6) is -4.10. The van der Waals surface area contributed by atoms with Crippen LogP contribution in [0.3, 0.4) is 0 Å². The van der Waals surface area contributed by atoms with Crippen LogP contribution >= 0.6 is 0 Å². The highest BCUT2D eigenvalue weighted by atomic mass is 19.2. The second-order valence-corrected chi connectivity index (χ2v) is 11.2. The van der Waals surface area contributed by atoms with Crippen LogP contribution in [-0.2, 0) is 7.05 Å². The molecule has 0 saturated carbocycles. The zero-order chi connectivity index (χ0) is 32.5. The molecule has 9 heteroatoms. The number of halogens is 3. The van der Waals surface area contributed by atoms with Gasteiger partial charge in [0.05, 0.1) is 11.3 Å². The number of aryl methyl sites for hydroxylation is 5. The summed E-state index contributed by atoms with van der Waals surface area (Å²) in [6.07, 6.45) is 4.62. The van der Waals surface area contributed by atoms with E-state index in [1.807, 2.05) is 58.0 Å². The molecule has 2 aromatic heterocycles. The van der Waals surface area contributed by atoms with Crippen LogP contribution in [-0.4, -0.2) is 14.5 Å². The van der Waals surface area contributed by atoms with Crippen LogP contribution in [0.25, 0.3) is 11.4 Å². The summed E-state index contributed by atoms with van der Waals surface area (Å²) in [5, 5.41) is 0. The summed E-state index contributed by atoms with van der Waals surface area (Å²) >= 11 is 0. The first-order valence-electron chi connectivity index (χ1n) is 14.6. The minimum absolute atomic E-state index is 0.116. The molecule has 0 spiro atoms. The monoisotopic (exact) mass is 620 g/mol. The van der Waals surface area contributed by atoms with Gasteiger partial charge in [-0.25, -0.2) is 18.7 Å². The summed E-state index contributed by atoms with van der Waals surface area (Å²) in [5.41, 5.74) is 6.43. The van der Waals surface area contributed by atoms with Gasteiger partial charge in [0.15, 0.2) is 17.4 Å². The molecule has 0 radical (unpaired) electrons. The lowest BCUT2D eigenvalue weighted by molar-refractivity contribution is 0.393. The second-order valence-electron chi connectivity index (χ2n) is 11.2. The number of pyridine rings is 1. The van der Waals surface area contributed by atoms with E-state index < -0.39 is 23.2 Å². The van der Waals surface area contributed by atoms with Gasteiger partial charge in [0.25, 0.3) is 0 Å². The molecule has 4 aromatic carbocycles. The minimum Gasteiger partial charge on any atom is -0.454 e. The Labute approximate surface area is 265 Å². The van der Waals surface area contributed by atoms with Crippen LogP contribution in [0.15, 0.2) is 97.5 Å². The Morgan fingerprint density at radius 2 is 1.30 bits per heavy atom. The van der Waals surface area contributed by atoms with Gasteiger partial charge in [0, 0.05) is 61.3 Å². The average molecular weight is 621 g/mol. The Bertz CT molecular complexity index is 2010. The van der Waals surface area contributed by atoms with Gasteiger partial charge in [-0.15, -0.1) is 0 Å². The third-order valence-electron chi connectivity index (χ3n) is 7.57. The molecule has 2 heterocycles. The van der Waals surface area contributed by atoms with Crippen molar-refractivity contribution in [3.05, 3.63) is 137 Å². The molecule has 46 heavy (non-hydrogen) atoms. The largest absolute Gasteiger partial charge is 0.454 e. The molecule has 6 nitrogen and oxygen atoms in total. The molecule has 0 unspecified atom stereocenters. The van der Waals surface area contributed by atoms with Crippen LogP contribution < -0.4 is 14.4 Å². The summed E-state index contributed by atoms with van der Waals surface area (Å²) in [6.45, 7) is 8.11. The van der Waals surface area contributed by atoms with E-state index in [2.05, 4.69) is 27.0 Å². The number of benzene rings is 4. The first kappa shape index (κ1) is 30.5. The third kappa shape index (κ3) is 6.04. The summed E-state index contributed by atoms with van der Waals surface area (Å²) in [7, 11) is 1.63. The molecule has 0 amide bonds. The van der Waals surface area contributed by atoms with Gasteiger partial charge in [0.2, 0.25) is 11.7 Å². The van der Waals surface area contributed by atoms with Crippen LogP contribution in [0, 0.1) is 45.1 Å². The zero-order valence-electron chi connectivity index (χ0n) is 26.0. The van der Waals surface area contributed by atoms with E-state index >= 15 is 4.39 Å². The highest BCUT2D eigenvalue weighted by Gasteiger charge is 2.24. The fourth-order valence-electron chi connectivity index (χ4n) is 5.42. The number of hydrogen-bond acceptors (Lipinski definition) is 5. The number of rotatable bonds is 8. The van der Waals surface area contributed by atoms with E-state index in [0.29, 0.717) is 17.3 Å². The molecule has 232 valence electrons. The van der Waals surface area contributed by atoms with Crippen molar-refractivity contribution in [2.45, 2.75) is 27.7 Å². The number of anilines is 3. The number of ether oxygens (including phenoxy) is 2. The van der Waals surface area contributed by atoms with E-state index in [1.54, 1.807) is 49.8 Å². The van der Waals surface area contributed by atoms with Gasteiger partial charge in [-0.3, -0.25) is 0 Å². The first-order valence-corrected chi connectivity index (χ1v) is 14.6. The normalized spacial score (nSPS) is 11.0. The van der Waals surface area contributed by atoms with Gasteiger partial charge >= 0.3 is 0 Å². The summed E-state index contributed by atoms with van der Waals surface area (Å²) < 4.78 is 58.8. The molecule has 0 aliphatic heterocycles. The number of hydrogen-bond donors (Lipinski definition) is 0. The van der Waals surface area contributed by atoms with Crippen molar-refractivity contribution in [2.75, 3.05) is 4.90 Å². The standard InChI is InChI=1S/C37H31F3N4O2/c1-22-9-11-30(24(3)16-22)44(31-12-10-23(2)17-25(31)4)26-18-27(20-28(19-26)46-33-8-6-7-13-41-33)45-32-21-29(34(38)36(40)35(32)39)37-42-14-15-43(37)5/h6-21H,1-5H3. The Balaban J connectivity index is 1.54. The summed E-state index contributed by atoms with van der Waals surface area (Å²) in [6, 6.07) is 23.7. The van der Waals surface area contributed by atoms with Crippen molar-refractivity contribution in [1.29, 1.82) is 0 Å². The molecule has 0 fully saturated rings. The Morgan fingerprint density at radius 3 is 1.87 bits per heavy atom. The van der Waals surface area contributed by atoms with E-state index in [-0.39, 0.29) is 17.1 Å². The van der Waals surface area contributed by atoms with Crippen LogP contribution in [0.2, 0.25) is 0 Å². The Kier molecular flexibility index (Phi) is 8.23. The van der Waals surface area contributed by atoms with Gasteiger partial charge < -0.3 is 18.9 Å². The van der Waals surface area contributed by atoms with Crippen molar-refractivity contribution < 1.29 is 22.6 Å². The zero-order valence-corrected chi connectivity index (χ0v) is 26.0. The smallest absolute Gasteiger partial charge is 0.219 e. The number of nitrogens with zero attached hydrogens (tertiary/aromatic N) is 4. The number of imidazole rings is 1. The SMILES string of the molecule is Cc1ccc(N(c2cc(Oc3ccccn3)cc(Oc3cc(-c4nccn4C)c(F)c(F)c3F)c2)c2ccc(C)cc2C)c(C)c1. The van der Waals surface area contributed by atoms with Crippen LogP contribution in [0.1, 0.15) is 22.3 Å². The molecule has 0 atom stereocenters. The lowest BCUT2D eigenvalue weighted by Crippen LogP contribution is -2.13. The minimum atomic E-state index is -1.66. The first-order chi connectivity index (χ1) is 22.1. The molecule has 0 aliphatic carbocycles. The maximum atomic E-state index is 15.3. The van der Waals surface area contributed by atoms with Gasteiger partial charge in [-0.2, -0.15) is 4.39 Å². The molecule has 0 aliphatic rings. The Morgan fingerprint density at radius 1 is 0.652 bits per heavy atom. The maximum absolute atomic E-state index is 15.3. The van der Waals surface area contributed by atoms with E-state index in [9.17, 15) is 8.78 Å². The molecular weight excluding hydrogens is 589 g/mol. The molecule has 6 aromatic rings. The fraction of sp³-hybridized carbons (Fsp3) is 0.135.